The number of alkyl halides is 1. The van der Waals surface area contributed by atoms with Crippen molar-refractivity contribution in [2.75, 3.05) is 11.9 Å². The maximum Gasteiger partial charge on any atom is 0.321 e. The molecule has 0 aromatic rings. The van der Waals surface area contributed by atoms with Crippen molar-refractivity contribution in [1.29, 1.82) is 0 Å². The van der Waals surface area contributed by atoms with E-state index in [9.17, 15) is 9.59 Å². The summed E-state index contributed by atoms with van der Waals surface area (Å²) in [7, 11) is 0. The van der Waals surface area contributed by atoms with Crippen LogP contribution in [0.25, 0.3) is 0 Å². The molecule has 0 fully saturated rings. The van der Waals surface area contributed by atoms with Crippen LogP contribution >= 0.6 is 15.9 Å². The molecule has 2 N–H and O–H groups in total. The fourth-order valence-electron chi connectivity index (χ4n) is 0.369. The van der Waals surface area contributed by atoms with E-state index in [1.807, 2.05) is 0 Å². The lowest BCUT2D eigenvalue weighted by Crippen LogP contribution is -2.39. The fraction of sp³-hybridized carbons (Fsp3) is 0.333. The first-order valence-corrected chi connectivity index (χ1v) is 4.07. The van der Waals surface area contributed by atoms with Gasteiger partial charge in [0.1, 0.15) is 0 Å². The number of carbonyl (C=O) groups is 2. The SMILES string of the molecule is C=CCNC(=O)NC(=O)CBr. The highest BCUT2D eigenvalue weighted by molar-refractivity contribution is 9.09. The molecule has 0 aliphatic rings. The summed E-state index contributed by atoms with van der Waals surface area (Å²) >= 11 is 2.90. The third kappa shape index (κ3) is 5.60. The van der Waals surface area contributed by atoms with Crippen LogP contribution in [0, 0.1) is 0 Å². The average Bonchev–Trinajstić information content (AvgIpc) is 2.00. The minimum absolute atomic E-state index is 0.120. The topological polar surface area (TPSA) is 58.2 Å². The lowest BCUT2D eigenvalue weighted by Gasteiger charge is -2.01. The number of rotatable bonds is 3. The Hall–Kier alpha value is -0.840. The van der Waals surface area contributed by atoms with Gasteiger partial charge in [-0.2, -0.15) is 0 Å². The van der Waals surface area contributed by atoms with E-state index in [2.05, 4.69) is 33.1 Å². The number of nitrogens with one attached hydrogen (secondary N) is 2. The van der Waals surface area contributed by atoms with Crippen LogP contribution in [0.5, 0.6) is 0 Å². The molecule has 0 aromatic heterocycles. The van der Waals surface area contributed by atoms with E-state index in [1.54, 1.807) is 0 Å². The molecular formula is C6H9BrN2O2. The Balaban J connectivity index is 3.51. The van der Waals surface area contributed by atoms with E-state index in [0.29, 0.717) is 6.54 Å². The minimum Gasteiger partial charge on any atom is -0.334 e. The van der Waals surface area contributed by atoms with E-state index >= 15 is 0 Å². The zero-order valence-corrected chi connectivity index (χ0v) is 7.48. The first-order chi connectivity index (χ1) is 5.20. The second-order valence-corrected chi connectivity index (χ2v) is 2.24. The smallest absolute Gasteiger partial charge is 0.321 e. The van der Waals surface area contributed by atoms with Gasteiger partial charge in [-0.15, -0.1) is 6.58 Å². The Morgan fingerprint density at radius 3 is 2.64 bits per heavy atom. The molecule has 0 unspecified atom stereocenters. The zero-order valence-electron chi connectivity index (χ0n) is 5.89. The molecule has 0 heterocycles. The Morgan fingerprint density at radius 2 is 2.18 bits per heavy atom. The number of imide groups is 1. The molecule has 0 spiro atoms. The third-order valence-electron chi connectivity index (χ3n) is 0.781. The molecule has 0 aliphatic carbocycles. The van der Waals surface area contributed by atoms with Gasteiger partial charge in [-0.3, -0.25) is 10.1 Å². The molecule has 0 atom stereocenters. The molecule has 0 rings (SSSR count). The summed E-state index contributed by atoms with van der Waals surface area (Å²) in [6.07, 6.45) is 1.53. The van der Waals surface area contributed by atoms with Crippen molar-refractivity contribution < 1.29 is 9.59 Å². The van der Waals surface area contributed by atoms with Gasteiger partial charge in [-0.25, -0.2) is 4.79 Å². The van der Waals surface area contributed by atoms with E-state index in [-0.39, 0.29) is 11.2 Å². The normalized spacial score (nSPS) is 8.45. The Bertz CT molecular complexity index is 170. The maximum atomic E-state index is 10.7. The zero-order chi connectivity index (χ0) is 8.69. The van der Waals surface area contributed by atoms with Crippen LogP contribution in [-0.4, -0.2) is 23.8 Å². The van der Waals surface area contributed by atoms with Gasteiger partial charge in [0, 0.05) is 6.54 Å². The van der Waals surface area contributed by atoms with Crippen LogP contribution < -0.4 is 10.6 Å². The molecule has 0 radical (unpaired) electrons. The Labute approximate surface area is 73.2 Å². The van der Waals surface area contributed by atoms with Gasteiger partial charge < -0.3 is 5.32 Å². The van der Waals surface area contributed by atoms with Crippen LogP contribution in [0.1, 0.15) is 0 Å². The van der Waals surface area contributed by atoms with Gasteiger partial charge in [0.25, 0.3) is 0 Å². The molecule has 0 aromatic carbocycles. The molecule has 0 aliphatic heterocycles. The van der Waals surface area contributed by atoms with Crippen molar-refractivity contribution in [2.45, 2.75) is 0 Å². The van der Waals surface area contributed by atoms with Crippen LogP contribution in [0.15, 0.2) is 12.7 Å². The van der Waals surface area contributed by atoms with Crippen molar-refractivity contribution in [2.24, 2.45) is 0 Å². The van der Waals surface area contributed by atoms with Gasteiger partial charge in [0.2, 0.25) is 5.91 Å². The molecule has 0 saturated heterocycles. The van der Waals surface area contributed by atoms with Gasteiger partial charge >= 0.3 is 6.03 Å². The van der Waals surface area contributed by atoms with E-state index in [1.165, 1.54) is 6.08 Å². The number of amides is 3. The highest BCUT2D eigenvalue weighted by atomic mass is 79.9. The molecule has 4 nitrogen and oxygen atoms in total. The highest BCUT2D eigenvalue weighted by Crippen LogP contribution is 1.77. The van der Waals surface area contributed by atoms with Crippen molar-refractivity contribution in [1.82, 2.24) is 10.6 Å². The van der Waals surface area contributed by atoms with Crippen molar-refractivity contribution >= 4 is 27.9 Å². The summed E-state index contributed by atoms with van der Waals surface area (Å²) in [5, 5.41) is 4.59. The number of hydrogen-bond donors (Lipinski definition) is 2. The second kappa shape index (κ2) is 5.91. The lowest BCUT2D eigenvalue weighted by molar-refractivity contribution is -0.117. The van der Waals surface area contributed by atoms with Gasteiger partial charge in [0.05, 0.1) is 5.33 Å². The minimum atomic E-state index is -0.505. The molecule has 3 amide bonds. The monoisotopic (exact) mass is 220 g/mol. The van der Waals surface area contributed by atoms with Crippen molar-refractivity contribution in [3.05, 3.63) is 12.7 Å². The third-order valence-corrected chi connectivity index (χ3v) is 1.29. The van der Waals surface area contributed by atoms with Crippen molar-refractivity contribution in [3.8, 4) is 0 Å². The van der Waals surface area contributed by atoms with E-state index < -0.39 is 6.03 Å². The number of urea groups is 1. The first-order valence-electron chi connectivity index (χ1n) is 2.95. The molecule has 62 valence electrons. The highest BCUT2D eigenvalue weighted by Gasteiger charge is 2.02. The van der Waals surface area contributed by atoms with Crippen LogP contribution in [0.2, 0.25) is 0 Å². The summed E-state index contributed by atoms with van der Waals surface area (Å²) in [5.74, 6) is -0.369. The predicted molar refractivity (Wildman–Crippen MR) is 45.5 cm³/mol. The molecule has 0 saturated carbocycles. The summed E-state index contributed by atoms with van der Waals surface area (Å²) in [6.45, 7) is 3.74. The molecule has 11 heavy (non-hydrogen) atoms. The number of carbonyl (C=O) groups excluding carboxylic acids is 2. The molecule has 0 bridgehead atoms. The van der Waals surface area contributed by atoms with Crippen LogP contribution in [0.3, 0.4) is 0 Å². The fourth-order valence-corrected chi connectivity index (χ4v) is 0.509. The van der Waals surface area contributed by atoms with Crippen molar-refractivity contribution in [3.63, 3.8) is 0 Å². The van der Waals surface area contributed by atoms with Gasteiger partial charge in [-0.05, 0) is 0 Å². The quantitative estimate of drug-likeness (QED) is 0.535. The Kier molecular flexibility index (Phi) is 5.46. The maximum absolute atomic E-state index is 10.7. The van der Waals surface area contributed by atoms with Crippen LogP contribution in [-0.2, 0) is 4.79 Å². The van der Waals surface area contributed by atoms with Gasteiger partial charge in [-0.1, -0.05) is 22.0 Å². The largest absolute Gasteiger partial charge is 0.334 e. The summed E-state index contributed by atoms with van der Waals surface area (Å²) in [6, 6.07) is -0.505. The standard InChI is InChI=1S/C6H9BrN2O2/c1-2-3-8-6(11)9-5(10)4-7/h2H,1,3-4H2,(H2,8,9,10,11). The summed E-state index contributed by atoms with van der Waals surface area (Å²) in [5.41, 5.74) is 0. The van der Waals surface area contributed by atoms with Gasteiger partial charge in [0.15, 0.2) is 0 Å². The predicted octanol–water partition coefficient (Wildman–Crippen LogP) is 0.393. The second-order valence-electron chi connectivity index (χ2n) is 1.68. The molecular weight excluding hydrogens is 212 g/mol. The van der Waals surface area contributed by atoms with E-state index in [4.69, 9.17) is 0 Å². The van der Waals surface area contributed by atoms with Crippen LogP contribution in [0.4, 0.5) is 4.79 Å². The lowest BCUT2D eigenvalue weighted by atomic mass is 10.6. The summed E-state index contributed by atoms with van der Waals surface area (Å²) in [4.78, 5) is 21.2. The molecule has 5 heteroatoms. The summed E-state index contributed by atoms with van der Waals surface area (Å²) < 4.78 is 0. The first kappa shape index (κ1) is 10.2. The average molecular weight is 221 g/mol. The number of hydrogen-bond acceptors (Lipinski definition) is 2. The number of halogens is 1. The van der Waals surface area contributed by atoms with E-state index in [0.717, 1.165) is 0 Å². The Morgan fingerprint density at radius 1 is 1.55 bits per heavy atom.